The molecule has 7 heteroatoms. The van der Waals surface area contributed by atoms with E-state index in [0.29, 0.717) is 25.9 Å². The molecule has 1 aliphatic heterocycles. The molecule has 2 rings (SSSR count). The summed E-state index contributed by atoms with van der Waals surface area (Å²) in [5.41, 5.74) is 0.272. The third kappa shape index (κ3) is 7.17. The Morgan fingerprint density at radius 2 is 1.46 bits per heavy atom. The lowest BCUT2D eigenvalue weighted by Crippen LogP contribution is -2.37. The first-order valence-corrected chi connectivity index (χ1v) is 9.94. The van der Waals surface area contributed by atoms with Crippen molar-refractivity contribution in [2.24, 2.45) is 0 Å². The van der Waals surface area contributed by atoms with E-state index in [2.05, 4.69) is 0 Å². The van der Waals surface area contributed by atoms with Crippen molar-refractivity contribution in [2.45, 2.75) is 69.9 Å². The van der Waals surface area contributed by atoms with E-state index in [1.807, 2.05) is 4.90 Å². The Labute approximate surface area is 163 Å². The van der Waals surface area contributed by atoms with Gasteiger partial charge in [0.1, 0.15) is 0 Å². The Balaban J connectivity index is 1.66. The number of alkyl halides is 3. The average molecular weight is 399 g/mol. The number of piperidine rings is 1. The summed E-state index contributed by atoms with van der Waals surface area (Å²) in [5, 5.41) is 8.57. The van der Waals surface area contributed by atoms with E-state index >= 15 is 0 Å². The van der Waals surface area contributed by atoms with Gasteiger partial charge in [0, 0.05) is 25.9 Å². The Hall–Kier alpha value is -2.05. The third-order valence-electron chi connectivity index (χ3n) is 5.34. The van der Waals surface area contributed by atoms with Gasteiger partial charge in [-0.15, -0.1) is 0 Å². The van der Waals surface area contributed by atoms with Gasteiger partial charge in [-0.05, 0) is 49.3 Å². The first-order valence-electron chi connectivity index (χ1n) is 9.94. The largest absolute Gasteiger partial charge is 0.481 e. The number of likely N-dealkylation sites (tertiary alicyclic amines) is 1. The molecule has 1 aliphatic rings. The molecule has 1 saturated heterocycles. The minimum absolute atomic E-state index is 0.136. The van der Waals surface area contributed by atoms with E-state index < -0.39 is 17.7 Å². The fourth-order valence-corrected chi connectivity index (χ4v) is 3.65. The second-order valence-corrected chi connectivity index (χ2v) is 7.44. The summed E-state index contributed by atoms with van der Waals surface area (Å²) in [6, 6.07) is 5.36. The van der Waals surface area contributed by atoms with Crippen molar-refractivity contribution in [1.29, 1.82) is 0 Å². The maximum Gasteiger partial charge on any atom is 0.416 e. The summed E-state index contributed by atoms with van der Waals surface area (Å²) >= 11 is 0. The summed E-state index contributed by atoms with van der Waals surface area (Å²) < 4.78 is 38.0. The number of benzene rings is 1. The molecule has 4 nitrogen and oxygen atoms in total. The van der Waals surface area contributed by atoms with Crippen LogP contribution in [0.15, 0.2) is 24.3 Å². The summed E-state index contributed by atoms with van der Waals surface area (Å²) in [6.07, 6.45) is 2.16. The van der Waals surface area contributed by atoms with E-state index in [1.165, 1.54) is 0 Å². The first-order chi connectivity index (χ1) is 13.3. The maximum atomic E-state index is 12.7. The van der Waals surface area contributed by atoms with Gasteiger partial charge in [0.15, 0.2) is 0 Å². The van der Waals surface area contributed by atoms with Gasteiger partial charge in [-0.1, -0.05) is 31.4 Å². The van der Waals surface area contributed by atoms with Gasteiger partial charge in [-0.3, -0.25) is 9.59 Å². The number of rotatable bonds is 9. The van der Waals surface area contributed by atoms with Gasteiger partial charge in [0.25, 0.3) is 0 Å². The zero-order valence-corrected chi connectivity index (χ0v) is 16.0. The van der Waals surface area contributed by atoms with Crippen LogP contribution < -0.4 is 0 Å². The van der Waals surface area contributed by atoms with Crippen LogP contribution >= 0.6 is 0 Å². The molecule has 0 aromatic heterocycles. The Bertz CT molecular complexity index is 635. The van der Waals surface area contributed by atoms with Crippen molar-refractivity contribution in [1.82, 2.24) is 4.90 Å². The van der Waals surface area contributed by atoms with Gasteiger partial charge >= 0.3 is 12.1 Å². The smallest absolute Gasteiger partial charge is 0.416 e. The topological polar surface area (TPSA) is 57.6 Å². The minimum atomic E-state index is -4.31. The molecule has 1 heterocycles. The Morgan fingerprint density at radius 3 is 2.00 bits per heavy atom. The van der Waals surface area contributed by atoms with Gasteiger partial charge in [-0.25, -0.2) is 0 Å². The number of hydrogen-bond donors (Lipinski definition) is 1. The van der Waals surface area contributed by atoms with E-state index in [4.69, 9.17) is 5.11 Å². The summed E-state index contributed by atoms with van der Waals surface area (Å²) in [5.74, 6) is -0.438. The van der Waals surface area contributed by atoms with Crippen molar-refractivity contribution >= 4 is 11.9 Å². The number of carbonyl (C=O) groups is 2. The van der Waals surface area contributed by atoms with Crippen LogP contribution in [0, 0.1) is 0 Å². The van der Waals surface area contributed by atoms with Gasteiger partial charge in [0.05, 0.1) is 5.56 Å². The van der Waals surface area contributed by atoms with E-state index in [9.17, 15) is 22.8 Å². The SMILES string of the molecule is O=C(O)CCCCCCCC(=O)N1CCC(c2ccc(C(F)(F)F)cc2)CC1. The number of halogens is 3. The van der Waals surface area contributed by atoms with Crippen LogP contribution in [0.2, 0.25) is 0 Å². The molecule has 156 valence electrons. The molecule has 0 aliphatic carbocycles. The van der Waals surface area contributed by atoms with Crippen LogP contribution in [0.4, 0.5) is 13.2 Å². The van der Waals surface area contributed by atoms with Crippen LogP contribution in [0.5, 0.6) is 0 Å². The fourth-order valence-electron chi connectivity index (χ4n) is 3.65. The molecule has 0 bridgehead atoms. The molecule has 28 heavy (non-hydrogen) atoms. The number of carboxylic acids is 1. The summed E-state index contributed by atoms with van der Waals surface area (Å²) in [4.78, 5) is 24.6. The predicted molar refractivity (Wildman–Crippen MR) is 100.0 cm³/mol. The van der Waals surface area contributed by atoms with Crippen LogP contribution in [0.25, 0.3) is 0 Å². The van der Waals surface area contributed by atoms with Crippen LogP contribution in [-0.2, 0) is 15.8 Å². The fraction of sp³-hybridized carbons (Fsp3) is 0.619. The highest BCUT2D eigenvalue weighted by Crippen LogP contribution is 2.33. The quantitative estimate of drug-likeness (QED) is 0.579. The third-order valence-corrected chi connectivity index (χ3v) is 5.34. The van der Waals surface area contributed by atoms with Crippen molar-refractivity contribution < 1.29 is 27.9 Å². The van der Waals surface area contributed by atoms with Crippen LogP contribution in [0.3, 0.4) is 0 Å². The first kappa shape index (κ1) is 22.2. The molecule has 0 atom stereocenters. The second kappa shape index (κ2) is 10.5. The highest BCUT2D eigenvalue weighted by molar-refractivity contribution is 5.76. The lowest BCUT2D eigenvalue weighted by molar-refractivity contribution is -0.138. The summed E-state index contributed by atoms with van der Waals surface area (Å²) in [6.45, 7) is 1.28. The molecule has 0 radical (unpaired) electrons. The van der Waals surface area contributed by atoms with Gasteiger partial charge < -0.3 is 10.0 Å². The van der Waals surface area contributed by atoms with E-state index in [1.54, 1.807) is 12.1 Å². The highest BCUT2D eigenvalue weighted by Gasteiger charge is 2.30. The number of aliphatic carboxylic acids is 1. The number of carbonyl (C=O) groups excluding carboxylic acids is 1. The number of carboxylic acid groups (broad SMARTS) is 1. The van der Waals surface area contributed by atoms with Crippen molar-refractivity contribution in [2.75, 3.05) is 13.1 Å². The molecule has 0 saturated carbocycles. The normalized spacial score (nSPS) is 15.6. The minimum Gasteiger partial charge on any atom is -0.481 e. The molecule has 1 aromatic carbocycles. The van der Waals surface area contributed by atoms with Crippen LogP contribution in [0.1, 0.15) is 74.8 Å². The monoisotopic (exact) mass is 399 g/mol. The lowest BCUT2D eigenvalue weighted by atomic mass is 9.89. The molecule has 1 aromatic rings. The molecule has 0 spiro atoms. The Morgan fingerprint density at radius 1 is 0.929 bits per heavy atom. The molecule has 1 fully saturated rings. The number of hydrogen-bond acceptors (Lipinski definition) is 2. The number of amides is 1. The van der Waals surface area contributed by atoms with E-state index in [-0.39, 0.29) is 18.2 Å². The molecular formula is C21H28F3NO3. The van der Waals surface area contributed by atoms with Crippen molar-refractivity contribution in [3.8, 4) is 0 Å². The molecule has 1 amide bonds. The second-order valence-electron chi connectivity index (χ2n) is 7.44. The lowest BCUT2D eigenvalue weighted by Gasteiger charge is -2.32. The number of nitrogens with zero attached hydrogens (tertiary/aromatic N) is 1. The average Bonchev–Trinajstić information content (AvgIpc) is 2.66. The molecule has 1 N–H and O–H groups in total. The Kier molecular flexibility index (Phi) is 8.33. The van der Waals surface area contributed by atoms with Gasteiger partial charge in [-0.2, -0.15) is 13.2 Å². The van der Waals surface area contributed by atoms with Crippen molar-refractivity contribution in [3.63, 3.8) is 0 Å². The van der Waals surface area contributed by atoms with Crippen LogP contribution in [-0.4, -0.2) is 35.0 Å². The highest BCUT2D eigenvalue weighted by atomic mass is 19.4. The number of unbranched alkanes of at least 4 members (excludes halogenated alkanes) is 4. The maximum absolute atomic E-state index is 12.7. The predicted octanol–water partition coefficient (Wildman–Crippen LogP) is 5.23. The molecule has 0 unspecified atom stereocenters. The van der Waals surface area contributed by atoms with Crippen molar-refractivity contribution in [3.05, 3.63) is 35.4 Å². The zero-order valence-electron chi connectivity index (χ0n) is 16.0. The van der Waals surface area contributed by atoms with E-state index in [0.717, 1.165) is 56.2 Å². The van der Waals surface area contributed by atoms with Gasteiger partial charge in [0.2, 0.25) is 5.91 Å². The zero-order chi connectivity index (χ0) is 20.6. The standard InChI is InChI=1S/C21H28F3NO3/c22-21(23,24)18-10-8-16(9-11-18)17-12-14-25(15-13-17)19(26)6-4-2-1-3-5-7-20(27)28/h8-11,17H,1-7,12-15H2,(H,27,28). The molecular weight excluding hydrogens is 371 g/mol. The summed E-state index contributed by atoms with van der Waals surface area (Å²) in [7, 11) is 0.